The summed E-state index contributed by atoms with van der Waals surface area (Å²) in [5, 5.41) is 2.66. The molecule has 1 aliphatic heterocycles. The lowest BCUT2D eigenvalue weighted by atomic mass is 9.72. The molecule has 1 aliphatic rings. The molecule has 6 heteroatoms. The summed E-state index contributed by atoms with van der Waals surface area (Å²) < 4.78 is 10.0. The second-order valence-electron chi connectivity index (χ2n) is 5.79. The summed E-state index contributed by atoms with van der Waals surface area (Å²) in [5.41, 5.74) is 0.157. The molecule has 0 spiro atoms. The highest BCUT2D eigenvalue weighted by atomic mass is 16.6. The molecule has 1 aromatic carbocycles. The van der Waals surface area contributed by atoms with Gasteiger partial charge in [0.05, 0.1) is 12.6 Å². The minimum Gasteiger partial charge on any atom is -0.465 e. The molecular formula is C18H21NO5. The summed E-state index contributed by atoms with van der Waals surface area (Å²) >= 11 is 0. The number of alkyl carbamates (subject to hydrolysis) is 1. The minimum absolute atomic E-state index is 0.0316. The molecule has 6 nitrogen and oxygen atoms in total. The van der Waals surface area contributed by atoms with Gasteiger partial charge in [0, 0.05) is 6.42 Å². The Kier molecular flexibility index (Phi) is 5.39. The molecule has 2 rings (SSSR count). The number of aryl methyl sites for hydroxylation is 1. The van der Waals surface area contributed by atoms with Crippen molar-refractivity contribution >= 4 is 17.8 Å². The van der Waals surface area contributed by atoms with E-state index in [1.807, 2.05) is 25.1 Å². The highest BCUT2D eigenvalue weighted by Gasteiger charge is 2.56. The van der Waals surface area contributed by atoms with E-state index in [9.17, 15) is 14.4 Å². The Balaban J connectivity index is 2.45. The van der Waals surface area contributed by atoms with Gasteiger partial charge in [0.1, 0.15) is 12.4 Å². The van der Waals surface area contributed by atoms with Gasteiger partial charge in [-0.3, -0.25) is 9.59 Å². The Bertz CT molecular complexity index is 669. The lowest BCUT2D eigenvalue weighted by Gasteiger charge is -2.32. The fourth-order valence-corrected chi connectivity index (χ4v) is 2.96. The minimum atomic E-state index is -1.44. The van der Waals surface area contributed by atoms with Crippen molar-refractivity contribution in [1.82, 2.24) is 5.32 Å². The van der Waals surface area contributed by atoms with E-state index >= 15 is 0 Å². The van der Waals surface area contributed by atoms with Gasteiger partial charge < -0.3 is 14.8 Å². The van der Waals surface area contributed by atoms with Gasteiger partial charge in [-0.1, -0.05) is 42.5 Å². The van der Waals surface area contributed by atoms with Crippen LogP contribution < -0.4 is 5.32 Å². The van der Waals surface area contributed by atoms with Crippen LogP contribution in [0.3, 0.4) is 0 Å². The van der Waals surface area contributed by atoms with E-state index in [1.165, 1.54) is 13.0 Å². The van der Waals surface area contributed by atoms with E-state index in [-0.39, 0.29) is 25.4 Å². The molecule has 24 heavy (non-hydrogen) atoms. The first-order valence-corrected chi connectivity index (χ1v) is 7.71. The van der Waals surface area contributed by atoms with Crippen LogP contribution in [0.15, 0.2) is 36.9 Å². The van der Waals surface area contributed by atoms with Gasteiger partial charge in [-0.05, 0) is 19.4 Å². The average Bonchev–Trinajstić information content (AvgIpc) is 2.93. The van der Waals surface area contributed by atoms with Crippen molar-refractivity contribution < 1.29 is 23.9 Å². The van der Waals surface area contributed by atoms with Gasteiger partial charge in [-0.25, -0.2) is 4.79 Å². The molecule has 1 fully saturated rings. The van der Waals surface area contributed by atoms with Gasteiger partial charge in [0.15, 0.2) is 5.41 Å². The normalized spacial score (nSPS) is 20.8. The third-order valence-corrected chi connectivity index (χ3v) is 4.18. The number of cyclic esters (lactones) is 1. The molecule has 2 unspecified atom stereocenters. The Morgan fingerprint density at radius 2 is 2.25 bits per heavy atom. The topological polar surface area (TPSA) is 81.7 Å². The number of carbonyl (C=O) groups is 3. The largest absolute Gasteiger partial charge is 0.465 e. The summed E-state index contributed by atoms with van der Waals surface area (Å²) in [6.07, 6.45) is 0.926. The van der Waals surface area contributed by atoms with Gasteiger partial charge in [0.25, 0.3) is 0 Å². The standard InChI is InChI=1S/C18H21NO5/c1-4-9-24-17(22)19-15(14-7-5-6-12(2)11-14)18(13(3)20)8-10-23-16(18)21/h4-7,11,15H,1,8-10H2,2-3H3,(H,19,22). The first-order valence-electron chi connectivity index (χ1n) is 7.71. The lowest BCUT2D eigenvalue weighted by molar-refractivity contribution is -0.152. The number of ether oxygens (including phenoxy) is 2. The smallest absolute Gasteiger partial charge is 0.407 e. The SMILES string of the molecule is C=CCOC(=O)NC(c1cccc(C)c1)C1(C(C)=O)CCOC1=O. The fraction of sp³-hybridized carbons (Fsp3) is 0.389. The van der Waals surface area contributed by atoms with E-state index in [0.717, 1.165) is 5.56 Å². The Hall–Kier alpha value is -2.63. The van der Waals surface area contributed by atoms with Crippen LogP contribution in [0.25, 0.3) is 0 Å². The summed E-state index contributed by atoms with van der Waals surface area (Å²) in [5.74, 6) is -0.967. The maximum atomic E-state index is 12.4. The fourth-order valence-electron chi connectivity index (χ4n) is 2.96. The van der Waals surface area contributed by atoms with Crippen LogP contribution in [0.1, 0.15) is 30.5 Å². The second-order valence-corrected chi connectivity index (χ2v) is 5.79. The number of carbonyl (C=O) groups excluding carboxylic acids is 3. The maximum Gasteiger partial charge on any atom is 0.407 e. The number of ketones is 1. The van der Waals surface area contributed by atoms with E-state index in [0.29, 0.717) is 5.56 Å². The number of hydrogen-bond acceptors (Lipinski definition) is 5. The zero-order valence-corrected chi connectivity index (χ0v) is 13.8. The van der Waals surface area contributed by atoms with Crippen molar-refractivity contribution in [2.24, 2.45) is 5.41 Å². The first kappa shape index (κ1) is 17.7. The van der Waals surface area contributed by atoms with Crippen LogP contribution in [0, 0.1) is 12.3 Å². The Morgan fingerprint density at radius 3 is 2.79 bits per heavy atom. The summed E-state index contributed by atoms with van der Waals surface area (Å²) in [7, 11) is 0. The quantitative estimate of drug-likeness (QED) is 0.492. The number of Topliss-reactive ketones (excluding diaryl/α,β-unsaturated/α-hetero) is 1. The monoisotopic (exact) mass is 331 g/mol. The molecule has 1 N–H and O–H groups in total. The number of rotatable bonds is 6. The Labute approximate surface area is 140 Å². The van der Waals surface area contributed by atoms with E-state index in [2.05, 4.69) is 11.9 Å². The van der Waals surface area contributed by atoms with Crippen LogP contribution >= 0.6 is 0 Å². The molecule has 1 aromatic rings. The van der Waals surface area contributed by atoms with Gasteiger partial charge in [-0.15, -0.1) is 0 Å². The zero-order valence-electron chi connectivity index (χ0n) is 13.8. The van der Waals surface area contributed by atoms with Gasteiger partial charge in [-0.2, -0.15) is 0 Å². The lowest BCUT2D eigenvalue weighted by Crippen LogP contribution is -2.48. The number of hydrogen-bond donors (Lipinski definition) is 1. The molecule has 0 saturated carbocycles. The molecule has 0 bridgehead atoms. The number of esters is 1. The molecule has 1 amide bonds. The number of amides is 1. The van der Waals surface area contributed by atoms with Gasteiger partial charge in [0.2, 0.25) is 0 Å². The van der Waals surface area contributed by atoms with E-state index in [4.69, 9.17) is 9.47 Å². The maximum absolute atomic E-state index is 12.4. The molecule has 0 aliphatic carbocycles. The summed E-state index contributed by atoms with van der Waals surface area (Å²) in [6, 6.07) is 6.44. The highest BCUT2D eigenvalue weighted by molar-refractivity contribution is 6.05. The van der Waals surface area contributed by atoms with Crippen LogP contribution in [0.2, 0.25) is 0 Å². The molecular weight excluding hydrogens is 310 g/mol. The molecule has 1 heterocycles. The van der Waals surface area contributed by atoms with E-state index in [1.54, 1.807) is 6.07 Å². The van der Waals surface area contributed by atoms with Crippen LogP contribution in [-0.2, 0) is 19.1 Å². The predicted molar refractivity (Wildman–Crippen MR) is 87.3 cm³/mol. The third-order valence-electron chi connectivity index (χ3n) is 4.18. The molecule has 2 atom stereocenters. The molecule has 0 radical (unpaired) electrons. The average molecular weight is 331 g/mol. The van der Waals surface area contributed by atoms with Crippen LogP contribution in [0.5, 0.6) is 0 Å². The van der Waals surface area contributed by atoms with Crippen LogP contribution in [0.4, 0.5) is 4.79 Å². The zero-order chi connectivity index (χ0) is 17.7. The third kappa shape index (κ3) is 3.32. The second kappa shape index (κ2) is 7.29. The first-order chi connectivity index (χ1) is 11.4. The molecule has 128 valence electrons. The van der Waals surface area contributed by atoms with E-state index < -0.39 is 23.5 Å². The van der Waals surface area contributed by atoms with Crippen molar-refractivity contribution in [2.45, 2.75) is 26.3 Å². The van der Waals surface area contributed by atoms with Crippen LogP contribution in [-0.4, -0.2) is 31.1 Å². The molecule has 0 aromatic heterocycles. The van der Waals surface area contributed by atoms with Crippen molar-refractivity contribution in [1.29, 1.82) is 0 Å². The predicted octanol–water partition coefficient (Wildman–Crippen LogP) is 2.47. The van der Waals surface area contributed by atoms with Crippen molar-refractivity contribution in [2.75, 3.05) is 13.2 Å². The van der Waals surface area contributed by atoms with Gasteiger partial charge >= 0.3 is 12.1 Å². The summed E-state index contributed by atoms with van der Waals surface area (Å²) in [4.78, 5) is 36.8. The van der Waals surface area contributed by atoms with Crippen molar-refractivity contribution in [3.63, 3.8) is 0 Å². The Morgan fingerprint density at radius 1 is 1.50 bits per heavy atom. The molecule has 1 saturated heterocycles. The number of nitrogens with one attached hydrogen (secondary N) is 1. The number of benzene rings is 1. The highest BCUT2D eigenvalue weighted by Crippen LogP contribution is 2.43. The van der Waals surface area contributed by atoms with Crippen molar-refractivity contribution in [3.8, 4) is 0 Å². The van der Waals surface area contributed by atoms with Crippen molar-refractivity contribution in [3.05, 3.63) is 48.0 Å². The summed E-state index contributed by atoms with van der Waals surface area (Å²) in [6.45, 7) is 6.89.